The van der Waals surface area contributed by atoms with E-state index in [1.165, 1.54) is 24.2 Å². The van der Waals surface area contributed by atoms with Gasteiger partial charge in [-0.2, -0.15) is 0 Å². The summed E-state index contributed by atoms with van der Waals surface area (Å²) in [4.78, 5) is 38.9. The molecule has 0 spiro atoms. The number of carbonyl (C=O) groups is 3. The molecule has 1 aromatic heterocycles. The molecule has 232 valence electrons. The van der Waals surface area contributed by atoms with Crippen molar-refractivity contribution in [2.75, 3.05) is 25.2 Å². The maximum atomic E-state index is 13.5. The Bertz CT molecular complexity index is 1550. The lowest BCUT2D eigenvalue weighted by Crippen LogP contribution is -2.41. The van der Waals surface area contributed by atoms with Gasteiger partial charge in [-0.15, -0.1) is 0 Å². The minimum atomic E-state index is -4.25. The molecule has 0 saturated heterocycles. The van der Waals surface area contributed by atoms with Gasteiger partial charge >= 0.3 is 11.9 Å². The average molecular weight is 642 g/mol. The number of hydrogen-bond acceptors (Lipinski definition) is 10. The molecule has 0 amide bonds. The van der Waals surface area contributed by atoms with E-state index in [9.17, 15) is 31.6 Å². The van der Waals surface area contributed by atoms with Crippen LogP contribution in [0.15, 0.2) is 58.0 Å². The SMILES string of the molecule is CCN(COC(=O)CCCOC(=O)c1cc(S(N)(=O)=O)c(Cl)cc1NCc1ccco1)C(C)C(=O)c1cc(F)cc(F)c1. The number of benzene rings is 2. The van der Waals surface area contributed by atoms with Crippen molar-refractivity contribution in [3.05, 3.63) is 82.3 Å². The zero-order valence-electron chi connectivity index (χ0n) is 23.3. The normalized spacial score (nSPS) is 12.2. The molecule has 0 aliphatic heterocycles. The number of carbonyl (C=O) groups excluding carboxylic acids is 3. The number of furan rings is 1. The van der Waals surface area contributed by atoms with Gasteiger partial charge in [0.2, 0.25) is 10.0 Å². The highest BCUT2D eigenvalue weighted by Crippen LogP contribution is 2.29. The van der Waals surface area contributed by atoms with Crippen LogP contribution in [0, 0.1) is 11.6 Å². The number of Topliss-reactive ketones (excluding diaryl/α,β-unsaturated/α-hetero) is 1. The lowest BCUT2D eigenvalue weighted by Gasteiger charge is -2.26. The Hall–Kier alpha value is -3.85. The van der Waals surface area contributed by atoms with Gasteiger partial charge in [0.1, 0.15) is 29.0 Å². The summed E-state index contributed by atoms with van der Waals surface area (Å²) in [5.41, 5.74) is -0.131. The molecule has 0 aliphatic carbocycles. The van der Waals surface area contributed by atoms with Crippen LogP contribution < -0.4 is 10.5 Å². The molecule has 1 atom stereocenters. The van der Waals surface area contributed by atoms with Gasteiger partial charge in [0.25, 0.3) is 0 Å². The third-order valence-electron chi connectivity index (χ3n) is 6.26. The van der Waals surface area contributed by atoms with Crippen molar-refractivity contribution in [2.24, 2.45) is 5.14 Å². The summed E-state index contributed by atoms with van der Waals surface area (Å²) in [6, 6.07) is 7.28. The number of primary sulfonamides is 1. The number of rotatable bonds is 15. The lowest BCUT2D eigenvalue weighted by molar-refractivity contribution is -0.149. The van der Waals surface area contributed by atoms with Crippen LogP contribution in [-0.2, 0) is 30.8 Å². The van der Waals surface area contributed by atoms with Gasteiger partial charge in [0.15, 0.2) is 5.78 Å². The van der Waals surface area contributed by atoms with E-state index in [1.54, 1.807) is 19.1 Å². The molecule has 3 N–H and O–H groups in total. The summed E-state index contributed by atoms with van der Waals surface area (Å²) in [5, 5.41) is 7.95. The van der Waals surface area contributed by atoms with Gasteiger partial charge in [-0.1, -0.05) is 18.5 Å². The molecule has 3 aromatic rings. The maximum Gasteiger partial charge on any atom is 0.340 e. The van der Waals surface area contributed by atoms with E-state index in [2.05, 4.69) is 5.32 Å². The number of esters is 2. The van der Waals surface area contributed by atoms with Crippen molar-refractivity contribution in [1.82, 2.24) is 4.90 Å². The van der Waals surface area contributed by atoms with Crippen LogP contribution in [0.5, 0.6) is 0 Å². The largest absolute Gasteiger partial charge is 0.467 e. The molecular formula is C28H30ClF2N3O8S. The number of likely N-dealkylation sites (N-methyl/N-ethyl adjacent to an activating group) is 1. The summed E-state index contributed by atoms with van der Waals surface area (Å²) >= 11 is 6.08. The molecular weight excluding hydrogens is 612 g/mol. The second-order valence-electron chi connectivity index (χ2n) is 9.29. The third-order valence-corrected chi connectivity index (χ3v) is 7.64. The molecule has 0 bridgehead atoms. The Kier molecular flexibility index (Phi) is 11.8. The van der Waals surface area contributed by atoms with Crippen LogP contribution >= 0.6 is 11.6 Å². The second kappa shape index (κ2) is 15.0. The molecule has 0 radical (unpaired) electrons. The molecule has 1 unspecified atom stereocenters. The van der Waals surface area contributed by atoms with E-state index >= 15 is 0 Å². The molecule has 3 rings (SSSR count). The van der Waals surface area contributed by atoms with Crippen LogP contribution in [0.2, 0.25) is 5.02 Å². The number of nitrogens with one attached hydrogen (secondary N) is 1. The monoisotopic (exact) mass is 641 g/mol. The highest BCUT2D eigenvalue weighted by Gasteiger charge is 2.24. The van der Waals surface area contributed by atoms with Crippen LogP contribution in [-0.4, -0.2) is 57.0 Å². The van der Waals surface area contributed by atoms with Gasteiger partial charge in [0, 0.05) is 18.1 Å². The number of anilines is 1. The third kappa shape index (κ3) is 9.58. The first-order valence-electron chi connectivity index (χ1n) is 13.0. The van der Waals surface area contributed by atoms with Crippen molar-refractivity contribution >= 4 is 45.0 Å². The molecule has 11 nitrogen and oxygen atoms in total. The van der Waals surface area contributed by atoms with Crippen molar-refractivity contribution in [1.29, 1.82) is 0 Å². The fourth-order valence-electron chi connectivity index (χ4n) is 3.95. The Labute approximate surface area is 251 Å². The fraction of sp³-hybridized carbons (Fsp3) is 0.321. The predicted molar refractivity (Wildman–Crippen MR) is 152 cm³/mol. The maximum absolute atomic E-state index is 13.5. The van der Waals surface area contributed by atoms with E-state index in [0.29, 0.717) is 18.4 Å². The predicted octanol–water partition coefficient (Wildman–Crippen LogP) is 4.50. The molecule has 0 saturated carbocycles. The minimum Gasteiger partial charge on any atom is -0.467 e. The topological polar surface area (TPSA) is 158 Å². The zero-order valence-corrected chi connectivity index (χ0v) is 24.8. The van der Waals surface area contributed by atoms with Crippen LogP contribution in [0.1, 0.15) is 53.2 Å². The first kappa shape index (κ1) is 33.6. The van der Waals surface area contributed by atoms with Crippen molar-refractivity contribution in [3.63, 3.8) is 0 Å². The van der Waals surface area contributed by atoms with Gasteiger partial charge in [-0.05, 0) is 56.3 Å². The molecule has 0 fully saturated rings. The van der Waals surface area contributed by atoms with Crippen LogP contribution in [0.3, 0.4) is 0 Å². The van der Waals surface area contributed by atoms with Gasteiger partial charge in [-0.25, -0.2) is 27.1 Å². The first-order chi connectivity index (χ1) is 20.3. The minimum absolute atomic E-state index is 0.0680. The van der Waals surface area contributed by atoms with E-state index in [4.69, 9.17) is 30.6 Å². The molecule has 0 aliphatic rings. The summed E-state index contributed by atoms with van der Waals surface area (Å²) in [7, 11) is -4.25. The smallest absolute Gasteiger partial charge is 0.340 e. The summed E-state index contributed by atoms with van der Waals surface area (Å²) in [5.74, 6) is -3.31. The summed E-state index contributed by atoms with van der Waals surface area (Å²) < 4.78 is 66.6. The number of ether oxygens (including phenoxy) is 2. The van der Waals surface area contributed by atoms with E-state index in [1.807, 2.05) is 0 Å². The lowest BCUT2D eigenvalue weighted by atomic mass is 10.0. The molecule has 43 heavy (non-hydrogen) atoms. The standard InChI is InChI=1S/C28H30ClF2N3O8S/c1-3-34(17(2)27(36)18-10-19(30)12-20(31)11-18)16-42-26(35)7-5-9-41-28(37)22-13-25(43(32,38)39)23(29)14-24(22)33-15-21-6-4-8-40-21/h4,6,8,10-14,17,33H,3,5,7,9,15-16H2,1-2H3,(H2,32,38,39). The summed E-state index contributed by atoms with van der Waals surface area (Å²) in [6.07, 6.45) is 1.39. The number of ketones is 1. The Balaban J connectivity index is 1.54. The average Bonchev–Trinajstić information content (AvgIpc) is 3.46. The van der Waals surface area contributed by atoms with E-state index < -0.39 is 50.3 Å². The van der Waals surface area contributed by atoms with Gasteiger partial charge in [0.05, 0.1) is 41.7 Å². The molecule has 15 heteroatoms. The Morgan fingerprint density at radius 1 is 1.12 bits per heavy atom. The second-order valence-corrected chi connectivity index (χ2v) is 11.2. The fourth-order valence-corrected chi connectivity index (χ4v) is 5.05. The number of sulfonamides is 1. The van der Waals surface area contributed by atoms with Gasteiger partial charge in [-0.3, -0.25) is 14.5 Å². The number of hydrogen-bond donors (Lipinski definition) is 2. The van der Waals surface area contributed by atoms with Crippen LogP contribution in [0.4, 0.5) is 14.5 Å². The van der Waals surface area contributed by atoms with Crippen molar-refractivity contribution in [2.45, 2.75) is 44.2 Å². The van der Waals surface area contributed by atoms with Crippen LogP contribution in [0.25, 0.3) is 0 Å². The van der Waals surface area contributed by atoms with Crippen molar-refractivity contribution in [3.8, 4) is 0 Å². The Morgan fingerprint density at radius 3 is 2.42 bits per heavy atom. The highest BCUT2D eigenvalue weighted by molar-refractivity contribution is 7.89. The number of nitrogens with two attached hydrogens (primary N) is 1. The number of halogens is 3. The van der Waals surface area contributed by atoms with Gasteiger partial charge < -0.3 is 19.2 Å². The highest BCUT2D eigenvalue weighted by atomic mass is 35.5. The van der Waals surface area contributed by atoms with E-state index in [0.717, 1.165) is 18.2 Å². The quantitative estimate of drug-likeness (QED) is 0.105. The molecule has 2 aromatic carbocycles. The summed E-state index contributed by atoms with van der Waals surface area (Å²) in [6.45, 7) is 3.23. The Morgan fingerprint density at radius 2 is 1.81 bits per heavy atom. The van der Waals surface area contributed by atoms with Crippen molar-refractivity contribution < 1.29 is 45.5 Å². The first-order valence-corrected chi connectivity index (χ1v) is 14.9. The molecule has 1 heterocycles. The van der Waals surface area contributed by atoms with E-state index in [-0.39, 0.29) is 54.6 Å². The number of nitrogens with zero attached hydrogens (tertiary/aromatic N) is 1. The zero-order chi connectivity index (χ0) is 31.7.